The van der Waals surface area contributed by atoms with E-state index in [1.165, 1.54) is 51.4 Å². The minimum Gasteiger partial charge on any atom is -0.342 e. The lowest BCUT2D eigenvalue weighted by Gasteiger charge is -2.45. The van der Waals surface area contributed by atoms with Crippen molar-refractivity contribution in [2.24, 2.45) is 11.1 Å². The molecule has 2 rings (SSSR count). The first kappa shape index (κ1) is 18.8. The molecule has 0 atom stereocenters. The maximum absolute atomic E-state index is 12.4. The molecular weight excluding hydrogens is 284 g/mol. The van der Waals surface area contributed by atoms with Crippen molar-refractivity contribution in [2.45, 2.75) is 77.0 Å². The maximum Gasteiger partial charge on any atom is 0.222 e. The number of likely N-dealkylation sites (tertiary alicyclic amines) is 1. The molecule has 0 aromatic carbocycles. The first-order valence-electron chi connectivity index (χ1n) is 8.74. The number of piperidine rings is 1. The summed E-state index contributed by atoms with van der Waals surface area (Å²) in [5.74, 6) is 0.405. The van der Waals surface area contributed by atoms with Crippen LogP contribution >= 0.6 is 12.4 Å². The molecule has 2 aliphatic rings. The fourth-order valence-corrected chi connectivity index (χ4v) is 4.06. The topological polar surface area (TPSA) is 46.3 Å². The predicted molar refractivity (Wildman–Crippen MR) is 90.7 cm³/mol. The fourth-order valence-electron chi connectivity index (χ4n) is 4.06. The van der Waals surface area contributed by atoms with E-state index in [1.54, 1.807) is 0 Å². The van der Waals surface area contributed by atoms with E-state index in [4.69, 9.17) is 5.73 Å². The van der Waals surface area contributed by atoms with E-state index in [2.05, 4.69) is 4.90 Å². The lowest BCUT2D eigenvalue weighted by Crippen LogP contribution is -2.46. The molecule has 2 N–H and O–H groups in total. The number of carbonyl (C=O) groups is 1. The van der Waals surface area contributed by atoms with E-state index in [0.717, 1.165) is 45.3 Å². The molecule has 124 valence electrons. The molecule has 1 spiro atoms. The van der Waals surface area contributed by atoms with Crippen molar-refractivity contribution >= 4 is 18.3 Å². The Morgan fingerprint density at radius 2 is 1.62 bits per heavy atom. The Morgan fingerprint density at radius 3 is 2.33 bits per heavy atom. The molecule has 3 nitrogen and oxygen atoms in total. The summed E-state index contributed by atoms with van der Waals surface area (Å²) in [6.07, 6.45) is 14.7. The number of rotatable bonds is 6. The van der Waals surface area contributed by atoms with Crippen molar-refractivity contribution < 1.29 is 4.79 Å². The fraction of sp³-hybridized carbons (Fsp3) is 0.941. The summed E-state index contributed by atoms with van der Waals surface area (Å²) in [5.41, 5.74) is 5.98. The van der Waals surface area contributed by atoms with Gasteiger partial charge in [0.2, 0.25) is 5.91 Å². The van der Waals surface area contributed by atoms with Gasteiger partial charge in [-0.3, -0.25) is 4.79 Å². The van der Waals surface area contributed by atoms with Gasteiger partial charge in [0.15, 0.2) is 0 Å². The summed E-state index contributed by atoms with van der Waals surface area (Å²) < 4.78 is 0. The van der Waals surface area contributed by atoms with Crippen LogP contribution in [-0.2, 0) is 4.79 Å². The van der Waals surface area contributed by atoms with E-state index in [-0.39, 0.29) is 12.4 Å². The Bertz CT molecular complexity index is 298. The van der Waals surface area contributed by atoms with Gasteiger partial charge in [-0.05, 0) is 50.5 Å². The number of hydrogen-bond donors (Lipinski definition) is 1. The van der Waals surface area contributed by atoms with E-state index in [9.17, 15) is 4.79 Å². The zero-order valence-corrected chi connectivity index (χ0v) is 14.3. The van der Waals surface area contributed by atoms with E-state index >= 15 is 0 Å². The summed E-state index contributed by atoms with van der Waals surface area (Å²) in [5, 5.41) is 0. The van der Waals surface area contributed by atoms with Crippen molar-refractivity contribution in [1.82, 2.24) is 4.90 Å². The number of carbonyl (C=O) groups excluding carboxylic acids is 1. The highest BCUT2D eigenvalue weighted by atomic mass is 35.5. The number of unbranched alkanes of at least 4 members (excludes halogenated alkanes) is 3. The summed E-state index contributed by atoms with van der Waals surface area (Å²) in [4.78, 5) is 14.5. The van der Waals surface area contributed by atoms with Crippen molar-refractivity contribution in [2.75, 3.05) is 19.6 Å². The average Bonchev–Trinajstić information content (AvgIpc) is 2.48. The van der Waals surface area contributed by atoms with Crippen LogP contribution in [0.3, 0.4) is 0 Å². The molecule has 1 saturated carbocycles. The largest absolute Gasteiger partial charge is 0.342 e. The number of nitrogens with two attached hydrogens (primary N) is 1. The molecule has 0 aromatic rings. The molecule has 1 saturated heterocycles. The predicted octanol–water partition coefficient (Wildman–Crippen LogP) is 3.89. The molecular formula is C17H33ClN2O. The van der Waals surface area contributed by atoms with Crippen molar-refractivity contribution in [3.05, 3.63) is 0 Å². The minimum atomic E-state index is 0. The van der Waals surface area contributed by atoms with Gasteiger partial charge in [-0.15, -0.1) is 12.4 Å². The molecule has 0 radical (unpaired) electrons. The third-order valence-corrected chi connectivity index (χ3v) is 5.27. The van der Waals surface area contributed by atoms with Gasteiger partial charge in [0.25, 0.3) is 0 Å². The summed E-state index contributed by atoms with van der Waals surface area (Å²) >= 11 is 0. The van der Waals surface area contributed by atoms with Crippen LogP contribution in [0.15, 0.2) is 0 Å². The van der Waals surface area contributed by atoms with Gasteiger partial charge in [0, 0.05) is 19.5 Å². The Morgan fingerprint density at radius 1 is 0.952 bits per heavy atom. The first-order chi connectivity index (χ1) is 9.76. The second-order valence-electron chi connectivity index (χ2n) is 6.93. The molecule has 0 aromatic heterocycles. The van der Waals surface area contributed by atoms with Crippen molar-refractivity contribution in [3.8, 4) is 0 Å². The molecule has 1 aliphatic heterocycles. The van der Waals surface area contributed by atoms with Crippen LogP contribution in [0, 0.1) is 5.41 Å². The third-order valence-electron chi connectivity index (χ3n) is 5.27. The van der Waals surface area contributed by atoms with Gasteiger partial charge in [-0.25, -0.2) is 0 Å². The van der Waals surface area contributed by atoms with Crippen LogP contribution in [0.2, 0.25) is 0 Å². The monoisotopic (exact) mass is 316 g/mol. The molecule has 0 unspecified atom stereocenters. The van der Waals surface area contributed by atoms with E-state index < -0.39 is 0 Å². The molecule has 21 heavy (non-hydrogen) atoms. The lowest BCUT2D eigenvalue weighted by atomic mass is 9.69. The first-order valence-corrected chi connectivity index (χ1v) is 8.74. The second-order valence-corrected chi connectivity index (χ2v) is 6.93. The summed E-state index contributed by atoms with van der Waals surface area (Å²) in [7, 11) is 0. The van der Waals surface area contributed by atoms with Crippen LogP contribution in [0.5, 0.6) is 0 Å². The van der Waals surface area contributed by atoms with Gasteiger partial charge in [0.05, 0.1) is 0 Å². The van der Waals surface area contributed by atoms with Crippen molar-refractivity contribution in [1.29, 1.82) is 0 Å². The highest BCUT2D eigenvalue weighted by Gasteiger charge is 2.37. The Balaban J connectivity index is 0.00000220. The standard InChI is InChI=1S/C17H32N2O.ClH/c18-13-7-2-1-4-9-16(20)19-14-8-12-17(15-19)10-5-3-6-11-17;/h1-15,18H2;1H. The molecule has 0 bridgehead atoms. The quantitative estimate of drug-likeness (QED) is 0.756. The Hall–Kier alpha value is -0.280. The van der Waals surface area contributed by atoms with E-state index in [1.807, 2.05) is 0 Å². The number of nitrogens with zero attached hydrogens (tertiary/aromatic N) is 1. The normalized spacial score (nSPS) is 21.1. The zero-order chi connectivity index (χ0) is 14.3. The SMILES string of the molecule is Cl.NCCCCCCC(=O)N1CCCC2(CCCCC2)C1. The lowest BCUT2D eigenvalue weighted by molar-refractivity contribution is -0.135. The van der Waals surface area contributed by atoms with Crippen molar-refractivity contribution in [3.63, 3.8) is 0 Å². The van der Waals surface area contributed by atoms with E-state index in [0.29, 0.717) is 11.3 Å². The second kappa shape index (κ2) is 9.68. The van der Waals surface area contributed by atoms with Gasteiger partial charge < -0.3 is 10.6 Å². The van der Waals surface area contributed by atoms with Gasteiger partial charge in [-0.2, -0.15) is 0 Å². The maximum atomic E-state index is 12.4. The van der Waals surface area contributed by atoms with Gasteiger partial charge in [0.1, 0.15) is 0 Å². The number of halogens is 1. The number of hydrogen-bond acceptors (Lipinski definition) is 2. The molecule has 1 aliphatic carbocycles. The number of amides is 1. The Labute approximate surface area is 136 Å². The molecule has 4 heteroatoms. The highest BCUT2D eigenvalue weighted by Crippen LogP contribution is 2.43. The van der Waals surface area contributed by atoms with Crippen LogP contribution in [0.25, 0.3) is 0 Å². The summed E-state index contributed by atoms with van der Waals surface area (Å²) in [6, 6.07) is 0. The smallest absolute Gasteiger partial charge is 0.222 e. The van der Waals surface area contributed by atoms with Crippen LogP contribution in [0.1, 0.15) is 77.0 Å². The van der Waals surface area contributed by atoms with Gasteiger partial charge >= 0.3 is 0 Å². The average molecular weight is 317 g/mol. The van der Waals surface area contributed by atoms with Gasteiger partial charge in [-0.1, -0.05) is 32.1 Å². The zero-order valence-electron chi connectivity index (χ0n) is 13.4. The molecule has 2 fully saturated rings. The highest BCUT2D eigenvalue weighted by molar-refractivity contribution is 5.85. The van der Waals surface area contributed by atoms with Crippen LogP contribution in [0.4, 0.5) is 0 Å². The Kier molecular flexibility index (Phi) is 8.65. The molecule has 1 heterocycles. The summed E-state index contributed by atoms with van der Waals surface area (Å²) in [6.45, 7) is 2.83. The molecule has 1 amide bonds. The minimum absolute atomic E-state index is 0. The van der Waals surface area contributed by atoms with Crippen LogP contribution in [-0.4, -0.2) is 30.4 Å². The van der Waals surface area contributed by atoms with Crippen LogP contribution < -0.4 is 5.73 Å². The third kappa shape index (κ3) is 5.78.